The first-order valence-corrected chi connectivity index (χ1v) is 6.90. The zero-order valence-electron chi connectivity index (χ0n) is 11.0. The number of hydrogen-bond acceptors (Lipinski definition) is 4. The summed E-state index contributed by atoms with van der Waals surface area (Å²) in [6.45, 7) is 2.19. The van der Waals surface area contributed by atoms with E-state index in [0.29, 0.717) is 26.2 Å². The number of carboxylic acid groups (broad SMARTS) is 1. The maximum Gasteiger partial charge on any atom is 0.326 e. The first-order chi connectivity index (χ1) is 9.18. The molecule has 0 radical (unpaired) electrons. The fraction of sp³-hybridized carbons (Fsp3) is 0.846. The molecule has 2 rings (SSSR count). The van der Waals surface area contributed by atoms with Gasteiger partial charge in [-0.3, -0.25) is 4.79 Å². The quantitative estimate of drug-likeness (QED) is 0.718. The van der Waals surface area contributed by atoms with Crippen LogP contribution in [-0.2, 0) is 19.1 Å². The average molecular weight is 271 g/mol. The predicted octanol–water partition coefficient (Wildman–Crippen LogP) is 0.648. The normalized spacial score (nSPS) is 26.8. The summed E-state index contributed by atoms with van der Waals surface area (Å²) >= 11 is 0. The highest BCUT2D eigenvalue weighted by Crippen LogP contribution is 2.18. The number of amides is 1. The Balaban J connectivity index is 1.64. The summed E-state index contributed by atoms with van der Waals surface area (Å²) in [5, 5.41) is 9.01. The number of nitrogens with zero attached hydrogens (tertiary/aromatic N) is 1. The molecule has 2 aliphatic heterocycles. The van der Waals surface area contributed by atoms with E-state index >= 15 is 0 Å². The second kappa shape index (κ2) is 6.86. The zero-order chi connectivity index (χ0) is 13.7. The highest BCUT2D eigenvalue weighted by molar-refractivity contribution is 5.84. The summed E-state index contributed by atoms with van der Waals surface area (Å²) in [6.07, 6.45) is 3.81. The van der Waals surface area contributed by atoms with Gasteiger partial charge in [0.1, 0.15) is 6.04 Å². The van der Waals surface area contributed by atoms with Gasteiger partial charge in [-0.25, -0.2) is 4.79 Å². The molecule has 1 amide bonds. The van der Waals surface area contributed by atoms with Crippen LogP contribution < -0.4 is 0 Å². The molecule has 6 heteroatoms. The Kier molecular flexibility index (Phi) is 5.15. The van der Waals surface area contributed by atoms with Crippen LogP contribution >= 0.6 is 0 Å². The molecule has 0 unspecified atom stereocenters. The lowest BCUT2D eigenvalue weighted by molar-refractivity contribution is -0.148. The van der Waals surface area contributed by atoms with E-state index in [2.05, 4.69) is 0 Å². The van der Waals surface area contributed by atoms with Gasteiger partial charge < -0.3 is 19.5 Å². The van der Waals surface area contributed by atoms with Crippen LogP contribution in [0.25, 0.3) is 0 Å². The third-order valence-corrected chi connectivity index (χ3v) is 3.65. The molecule has 108 valence electrons. The van der Waals surface area contributed by atoms with E-state index in [-0.39, 0.29) is 18.4 Å². The molecular formula is C13H21NO5. The molecule has 0 aliphatic carbocycles. The summed E-state index contributed by atoms with van der Waals surface area (Å²) < 4.78 is 10.8. The van der Waals surface area contributed by atoms with Crippen molar-refractivity contribution in [2.75, 3.05) is 26.4 Å². The number of carbonyl (C=O) groups excluding carboxylic acids is 1. The van der Waals surface area contributed by atoms with Crippen molar-refractivity contribution in [1.29, 1.82) is 0 Å². The van der Waals surface area contributed by atoms with E-state index in [1.54, 1.807) is 0 Å². The molecule has 2 fully saturated rings. The molecule has 0 spiro atoms. The first kappa shape index (κ1) is 14.3. The van der Waals surface area contributed by atoms with Crippen molar-refractivity contribution in [2.45, 2.75) is 44.2 Å². The number of aliphatic carboxylic acids is 1. The standard InChI is InChI=1S/C13H21NO5/c15-12(14-6-1-4-11(14)13(16)17)5-8-18-9-10-3-2-7-19-10/h10-11H,1-9H2,(H,16,17)/t10-,11+/m1/s1. The molecule has 0 aromatic carbocycles. The van der Waals surface area contributed by atoms with Gasteiger partial charge in [0.2, 0.25) is 5.91 Å². The van der Waals surface area contributed by atoms with Crippen molar-refractivity contribution in [2.24, 2.45) is 0 Å². The van der Waals surface area contributed by atoms with Gasteiger partial charge in [0, 0.05) is 13.2 Å². The monoisotopic (exact) mass is 271 g/mol. The van der Waals surface area contributed by atoms with Gasteiger partial charge >= 0.3 is 5.97 Å². The van der Waals surface area contributed by atoms with Gasteiger partial charge in [-0.1, -0.05) is 0 Å². The molecule has 0 bridgehead atoms. The Morgan fingerprint density at radius 2 is 2.16 bits per heavy atom. The maximum atomic E-state index is 11.9. The van der Waals surface area contributed by atoms with E-state index < -0.39 is 12.0 Å². The molecule has 0 saturated carbocycles. The largest absolute Gasteiger partial charge is 0.480 e. The van der Waals surface area contributed by atoms with Crippen LogP contribution in [0.1, 0.15) is 32.1 Å². The highest BCUT2D eigenvalue weighted by atomic mass is 16.5. The SMILES string of the molecule is O=C(O)[C@@H]1CCCN1C(=O)CCOC[C@H]1CCCO1. The van der Waals surface area contributed by atoms with Crippen molar-refractivity contribution >= 4 is 11.9 Å². The molecule has 2 aliphatic rings. The van der Waals surface area contributed by atoms with Crippen LogP contribution in [0.15, 0.2) is 0 Å². The Morgan fingerprint density at radius 1 is 1.32 bits per heavy atom. The van der Waals surface area contributed by atoms with Crippen LogP contribution in [0.2, 0.25) is 0 Å². The molecule has 2 heterocycles. The summed E-state index contributed by atoms with van der Waals surface area (Å²) in [4.78, 5) is 24.3. The van der Waals surface area contributed by atoms with Crippen molar-refractivity contribution in [1.82, 2.24) is 4.90 Å². The number of hydrogen-bond donors (Lipinski definition) is 1. The number of carboxylic acids is 1. The third-order valence-electron chi connectivity index (χ3n) is 3.65. The number of likely N-dealkylation sites (tertiary alicyclic amines) is 1. The molecule has 2 atom stereocenters. The van der Waals surface area contributed by atoms with E-state index in [1.165, 1.54) is 4.90 Å². The van der Waals surface area contributed by atoms with E-state index in [9.17, 15) is 9.59 Å². The summed E-state index contributed by atoms with van der Waals surface area (Å²) in [5.41, 5.74) is 0. The summed E-state index contributed by atoms with van der Waals surface area (Å²) in [5.74, 6) is -1.04. The van der Waals surface area contributed by atoms with Crippen LogP contribution in [0.4, 0.5) is 0 Å². The number of rotatable bonds is 6. The smallest absolute Gasteiger partial charge is 0.326 e. The lowest BCUT2D eigenvalue weighted by atomic mass is 10.2. The Morgan fingerprint density at radius 3 is 2.84 bits per heavy atom. The summed E-state index contributed by atoms with van der Waals surface area (Å²) in [7, 11) is 0. The van der Waals surface area contributed by atoms with Gasteiger partial charge in [0.05, 0.1) is 25.7 Å². The lowest BCUT2D eigenvalue weighted by Crippen LogP contribution is -2.40. The molecule has 19 heavy (non-hydrogen) atoms. The fourth-order valence-electron chi connectivity index (χ4n) is 2.62. The van der Waals surface area contributed by atoms with E-state index in [4.69, 9.17) is 14.6 Å². The van der Waals surface area contributed by atoms with Crippen LogP contribution in [0.3, 0.4) is 0 Å². The topological polar surface area (TPSA) is 76.1 Å². The molecule has 0 aromatic rings. The van der Waals surface area contributed by atoms with Crippen LogP contribution in [0, 0.1) is 0 Å². The minimum atomic E-state index is -0.911. The fourth-order valence-corrected chi connectivity index (χ4v) is 2.62. The third kappa shape index (κ3) is 3.91. The predicted molar refractivity (Wildman–Crippen MR) is 66.8 cm³/mol. The zero-order valence-corrected chi connectivity index (χ0v) is 11.0. The van der Waals surface area contributed by atoms with Gasteiger partial charge in [-0.05, 0) is 25.7 Å². The van der Waals surface area contributed by atoms with Gasteiger partial charge in [0.25, 0.3) is 0 Å². The molecule has 1 N–H and O–H groups in total. The van der Waals surface area contributed by atoms with E-state index in [1.807, 2.05) is 0 Å². The Labute approximate surface area is 112 Å². The van der Waals surface area contributed by atoms with Crippen molar-refractivity contribution in [3.8, 4) is 0 Å². The van der Waals surface area contributed by atoms with Gasteiger partial charge in [0.15, 0.2) is 0 Å². The molecule has 6 nitrogen and oxygen atoms in total. The highest BCUT2D eigenvalue weighted by Gasteiger charge is 2.33. The van der Waals surface area contributed by atoms with Gasteiger partial charge in [-0.15, -0.1) is 0 Å². The van der Waals surface area contributed by atoms with E-state index in [0.717, 1.165) is 25.9 Å². The van der Waals surface area contributed by atoms with Crippen molar-refractivity contribution < 1.29 is 24.2 Å². The molecule has 0 aromatic heterocycles. The Bertz CT molecular complexity index is 327. The maximum absolute atomic E-state index is 11.9. The second-order valence-electron chi connectivity index (χ2n) is 5.04. The van der Waals surface area contributed by atoms with Crippen LogP contribution in [-0.4, -0.2) is 60.4 Å². The number of ether oxygens (including phenoxy) is 2. The van der Waals surface area contributed by atoms with Gasteiger partial charge in [-0.2, -0.15) is 0 Å². The minimum absolute atomic E-state index is 0.128. The molecular weight excluding hydrogens is 250 g/mol. The second-order valence-corrected chi connectivity index (χ2v) is 5.04. The lowest BCUT2D eigenvalue weighted by Gasteiger charge is -2.21. The minimum Gasteiger partial charge on any atom is -0.480 e. The number of carbonyl (C=O) groups is 2. The van der Waals surface area contributed by atoms with Crippen molar-refractivity contribution in [3.05, 3.63) is 0 Å². The first-order valence-electron chi connectivity index (χ1n) is 6.90. The Hall–Kier alpha value is -1.14. The van der Waals surface area contributed by atoms with Crippen molar-refractivity contribution in [3.63, 3.8) is 0 Å². The molecule has 2 saturated heterocycles. The van der Waals surface area contributed by atoms with Crippen LogP contribution in [0.5, 0.6) is 0 Å². The summed E-state index contributed by atoms with van der Waals surface area (Å²) in [6, 6.07) is -0.648. The average Bonchev–Trinajstić information content (AvgIpc) is 3.04.